The van der Waals surface area contributed by atoms with Crippen LogP contribution in [0.15, 0.2) is 30.3 Å². The van der Waals surface area contributed by atoms with Crippen LogP contribution < -0.4 is 4.74 Å². The number of benzene rings is 2. The molecule has 1 aliphatic heterocycles. The molecule has 0 unspecified atom stereocenters. The number of fused-ring (bicyclic) bond motifs is 3. The Bertz CT molecular complexity index is 605. The molecule has 0 amide bonds. The highest BCUT2D eigenvalue weighted by molar-refractivity contribution is 5.75. The van der Waals surface area contributed by atoms with Crippen LogP contribution in [0.5, 0.6) is 5.75 Å². The fourth-order valence-electron chi connectivity index (χ4n) is 2.09. The van der Waals surface area contributed by atoms with E-state index in [0.717, 1.165) is 16.9 Å². The van der Waals surface area contributed by atoms with Crippen molar-refractivity contribution in [3.8, 4) is 16.9 Å². The zero-order chi connectivity index (χ0) is 12.0. The van der Waals surface area contributed by atoms with Crippen LogP contribution in [0.25, 0.3) is 11.1 Å². The van der Waals surface area contributed by atoms with Crippen LogP contribution >= 0.6 is 0 Å². The minimum Gasteiger partial charge on any atom is -0.488 e. The quantitative estimate of drug-likeness (QED) is 0.670. The third-order valence-electron chi connectivity index (χ3n) is 2.96. The van der Waals surface area contributed by atoms with Gasteiger partial charge in [0.25, 0.3) is 0 Å². The molecule has 0 saturated heterocycles. The van der Waals surface area contributed by atoms with Crippen LogP contribution in [0, 0.1) is 18.6 Å². The van der Waals surface area contributed by atoms with E-state index < -0.39 is 11.6 Å². The molecule has 2 aromatic carbocycles. The molecule has 1 nitrogen and oxygen atoms in total. The van der Waals surface area contributed by atoms with Gasteiger partial charge in [-0.15, -0.1) is 0 Å². The fourth-order valence-corrected chi connectivity index (χ4v) is 2.09. The second-order valence-electron chi connectivity index (χ2n) is 4.21. The Balaban J connectivity index is 2.25. The lowest BCUT2D eigenvalue weighted by Crippen LogP contribution is -2.07. The van der Waals surface area contributed by atoms with E-state index in [2.05, 4.69) is 0 Å². The number of aryl methyl sites for hydroxylation is 1. The molecular formula is C14H10F2O. The average molecular weight is 232 g/mol. The van der Waals surface area contributed by atoms with E-state index in [1.54, 1.807) is 0 Å². The average Bonchev–Trinajstić information content (AvgIpc) is 2.30. The molecule has 3 rings (SSSR count). The Kier molecular flexibility index (Phi) is 2.15. The van der Waals surface area contributed by atoms with Gasteiger partial charge in [-0.1, -0.05) is 12.1 Å². The summed E-state index contributed by atoms with van der Waals surface area (Å²) in [6.45, 7) is 2.24. The molecule has 0 radical (unpaired) electrons. The fraction of sp³-hybridized carbons (Fsp3) is 0.143. The molecule has 0 fully saturated rings. The predicted molar refractivity (Wildman–Crippen MR) is 60.9 cm³/mol. The van der Waals surface area contributed by atoms with E-state index in [1.165, 1.54) is 12.1 Å². The van der Waals surface area contributed by atoms with Crippen LogP contribution in [-0.2, 0) is 6.61 Å². The topological polar surface area (TPSA) is 9.23 Å². The Labute approximate surface area is 97.7 Å². The minimum absolute atomic E-state index is 0.281. The first-order chi connectivity index (χ1) is 8.15. The highest BCUT2D eigenvalue weighted by Crippen LogP contribution is 2.38. The molecular weight excluding hydrogens is 222 g/mol. The van der Waals surface area contributed by atoms with Crippen molar-refractivity contribution < 1.29 is 13.5 Å². The third-order valence-corrected chi connectivity index (χ3v) is 2.96. The van der Waals surface area contributed by atoms with E-state index in [-0.39, 0.29) is 6.61 Å². The van der Waals surface area contributed by atoms with Crippen LogP contribution in [0.2, 0.25) is 0 Å². The van der Waals surface area contributed by atoms with Crippen LogP contribution in [0.4, 0.5) is 8.78 Å². The second kappa shape index (κ2) is 3.55. The molecule has 17 heavy (non-hydrogen) atoms. The second-order valence-corrected chi connectivity index (χ2v) is 4.21. The van der Waals surface area contributed by atoms with Gasteiger partial charge in [-0.05, 0) is 36.2 Å². The van der Waals surface area contributed by atoms with Crippen molar-refractivity contribution in [3.05, 3.63) is 53.1 Å². The van der Waals surface area contributed by atoms with Crippen LogP contribution in [0.3, 0.4) is 0 Å². The van der Waals surface area contributed by atoms with Crippen LogP contribution in [0.1, 0.15) is 11.1 Å². The molecule has 0 N–H and O–H groups in total. The van der Waals surface area contributed by atoms with Gasteiger partial charge in [-0.2, -0.15) is 0 Å². The van der Waals surface area contributed by atoms with Gasteiger partial charge in [-0.25, -0.2) is 8.78 Å². The third kappa shape index (κ3) is 1.58. The zero-order valence-electron chi connectivity index (χ0n) is 9.26. The smallest absolute Gasteiger partial charge is 0.159 e. The first-order valence-electron chi connectivity index (χ1n) is 5.37. The summed E-state index contributed by atoms with van der Waals surface area (Å²) in [5.74, 6) is -0.927. The minimum atomic E-state index is -0.831. The molecule has 86 valence electrons. The SMILES string of the molecule is Cc1ccc2c(c1)OCc1cc(F)c(F)cc1-2. The number of rotatable bonds is 0. The van der Waals surface area contributed by atoms with Crippen molar-refractivity contribution in [2.24, 2.45) is 0 Å². The van der Waals surface area contributed by atoms with Gasteiger partial charge in [0.1, 0.15) is 12.4 Å². The van der Waals surface area contributed by atoms with Crippen molar-refractivity contribution in [1.82, 2.24) is 0 Å². The van der Waals surface area contributed by atoms with Crippen molar-refractivity contribution in [2.45, 2.75) is 13.5 Å². The van der Waals surface area contributed by atoms with Gasteiger partial charge >= 0.3 is 0 Å². The number of hydrogen-bond donors (Lipinski definition) is 0. The number of hydrogen-bond acceptors (Lipinski definition) is 1. The van der Waals surface area contributed by atoms with Gasteiger partial charge in [-0.3, -0.25) is 0 Å². The molecule has 0 aliphatic carbocycles. The molecule has 0 bridgehead atoms. The summed E-state index contributed by atoms with van der Waals surface area (Å²) in [5.41, 5.74) is 3.29. The maximum Gasteiger partial charge on any atom is 0.159 e. The van der Waals surface area contributed by atoms with E-state index >= 15 is 0 Å². The van der Waals surface area contributed by atoms with E-state index in [4.69, 9.17) is 4.74 Å². The first-order valence-corrected chi connectivity index (χ1v) is 5.37. The van der Waals surface area contributed by atoms with Gasteiger partial charge in [0.15, 0.2) is 11.6 Å². The van der Waals surface area contributed by atoms with Crippen molar-refractivity contribution in [1.29, 1.82) is 0 Å². The monoisotopic (exact) mass is 232 g/mol. The number of ether oxygens (including phenoxy) is 1. The lowest BCUT2D eigenvalue weighted by Gasteiger charge is -2.21. The predicted octanol–water partition coefficient (Wildman–Crippen LogP) is 3.83. The summed E-state index contributed by atoms with van der Waals surface area (Å²) >= 11 is 0. The Morgan fingerprint density at radius 3 is 2.59 bits per heavy atom. The highest BCUT2D eigenvalue weighted by Gasteiger charge is 2.19. The summed E-state index contributed by atoms with van der Waals surface area (Å²) < 4.78 is 31.9. The number of halogens is 2. The molecule has 1 heterocycles. The maximum atomic E-state index is 13.3. The lowest BCUT2D eigenvalue weighted by molar-refractivity contribution is 0.301. The van der Waals surface area contributed by atoms with E-state index in [9.17, 15) is 8.78 Å². The van der Waals surface area contributed by atoms with Crippen molar-refractivity contribution >= 4 is 0 Å². The first kappa shape index (κ1) is 10.3. The molecule has 0 aromatic heterocycles. The standard InChI is InChI=1S/C14H10F2O/c1-8-2-3-10-11-6-13(16)12(15)5-9(11)7-17-14(10)4-8/h2-6H,7H2,1H3. The van der Waals surface area contributed by atoms with E-state index in [1.807, 2.05) is 25.1 Å². The molecule has 2 aromatic rings. The van der Waals surface area contributed by atoms with E-state index in [0.29, 0.717) is 11.1 Å². The molecule has 1 aliphatic rings. The van der Waals surface area contributed by atoms with Crippen molar-refractivity contribution in [2.75, 3.05) is 0 Å². The highest BCUT2D eigenvalue weighted by atomic mass is 19.2. The summed E-state index contributed by atoms with van der Waals surface area (Å²) in [6.07, 6.45) is 0. The Morgan fingerprint density at radius 2 is 1.76 bits per heavy atom. The summed E-state index contributed by atoms with van der Waals surface area (Å²) in [5, 5.41) is 0. The van der Waals surface area contributed by atoms with Crippen molar-refractivity contribution in [3.63, 3.8) is 0 Å². The zero-order valence-corrected chi connectivity index (χ0v) is 9.26. The largest absolute Gasteiger partial charge is 0.488 e. The molecule has 0 spiro atoms. The van der Waals surface area contributed by atoms with Gasteiger partial charge in [0.05, 0.1) is 0 Å². The Hall–Kier alpha value is -1.90. The van der Waals surface area contributed by atoms with Gasteiger partial charge in [0.2, 0.25) is 0 Å². The lowest BCUT2D eigenvalue weighted by atomic mass is 9.96. The summed E-state index contributed by atoms with van der Waals surface area (Å²) in [7, 11) is 0. The summed E-state index contributed by atoms with van der Waals surface area (Å²) in [4.78, 5) is 0. The molecule has 0 atom stereocenters. The van der Waals surface area contributed by atoms with Gasteiger partial charge in [0, 0.05) is 11.1 Å². The van der Waals surface area contributed by atoms with Gasteiger partial charge < -0.3 is 4.74 Å². The Morgan fingerprint density at radius 1 is 1.00 bits per heavy atom. The normalized spacial score (nSPS) is 12.6. The maximum absolute atomic E-state index is 13.3. The van der Waals surface area contributed by atoms with Crippen LogP contribution in [-0.4, -0.2) is 0 Å². The molecule has 3 heteroatoms. The molecule has 0 saturated carbocycles. The summed E-state index contributed by atoms with van der Waals surface area (Å²) in [6, 6.07) is 8.15.